The van der Waals surface area contributed by atoms with Crippen LogP contribution >= 0.6 is 0 Å². The average Bonchev–Trinajstić information content (AvgIpc) is 2.86. The van der Waals surface area contributed by atoms with Crippen molar-refractivity contribution in [1.82, 2.24) is 4.90 Å². The standard InChI is InChI=1S/C14H19NO4/c1-14(2,3)10-5-12(16)15(6-10)7-11-4-9(8-19-11)13(17)18/h4,8,10H,5-7H2,1-3H3,(H,17,18). The number of hydrogen-bond donors (Lipinski definition) is 1. The van der Waals surface area contributed by atoms with E-state index in [0.717, 1.165) is 0 Å². The topological polar surface area (TPSA) is 70.8 Å². The molecule has 19 heavy (non-hydrogen) atoms. The maximum atomic E-state index is 11.9. The first-order chi connectivity index (χ1) is 8.77. The first-order valence-electron chi connectivity index (χ1n) is 6.36. The van der Waals surface area contributed by atoms with E-state index in [-0.39, 0.29) is 16.9 Å². The molecule has 0 bridgehead atoms. The number of hydrogen-bond acceptors (Lipinski definition) is 3. The third-order valence-electron chi connectivity index (χ3n) is 3.69. The largest absolute Gasteiger partial charge is 0.478 e. The van der Waals surface area contributed by atoms with Crippen LogP contribution < -0.4 is 0 Å². The van der Waals surface area contributed by atoms with Gasteiger partial charge in [-0.25, -0.2) is 4.79 Å². The molecule has 1 aliphatic rings. The maximum Gasteiger partial charge on any atom is 0.338 e. The molecule has 0 saturated carbocycles. The van der Waals surface area contributed by atoms with Gasteiger partial charge in [-0.3, -0.25) is 4.79 Å². The van der Waals surface area contributed by atoms with E-state index in [1.54, 1.807) is 4.90 Å². The van der Waals surface area contributed by atoms with Crippen molar-refractivity contribution < 1.29 is 19.1 Å². The van der Waals surface area contributed by atoms with Crippen LogP contribution in [0.2, 0.25) is 0 Å². The van der Waals surface area contributed by atoms with Crippen LogP contribution in [0.25, 0.3) is 0 Å². The highest BCUT2D eigenvalue weighted by molar-refractivity contribution is 5.87. The van der Waals surface area contributed by atoms with Gasteiger partial charge in [-0.1, -0.05) is 20.8 Å². The third kappa shape index (κ3) is 2.97. The zero-order chi connectivity index (χ0) is 14.2. The fourth-order valence-corrected chi connectivity index (χ4v) is 2.27. The van der Waals surface area contributed by atoms with Crippen LogP contribution in [0.5, 0.6) is 0 Å². The molecule has 5 heteroatoms. The Morgan fingerprint density at radius 1 is 1.53 bits per heavy atom. The average molecular weight is 265 g/mol. The van der Waals surface area contributed by atoms with Crippen molar-refractivity contribution in [3.05, 3.63) is 23.7 Å². The number of carbonyl (C=O) groups is 2. The predicted molar refractivity (Wildman–Crippen MR) is 68.6 cm³/mol. The van der Waals surface area contributed by atoms with Crippen molar-refractivity contribution in [2.45, 2.75) is 33.7 Å². The fourth-order valence-electron chi connectivity index (χ4n) is 2.27. The highest BCUT2D eigenvalue weighted by Crippen LogP contribution is 2.34. The summed E-state index contributed by atoms with van der Waals surface area (Å²) in [5, 5.41) is 8.82. The zero-order valence-corrected chi connectivity index (χ0v) is 11.5. The van der Waals surface area contributed by atoms with Crippen LogP contribution in [-0.2, 0) is 11.3 Å². The number of carbonyl (C=O) groups excluding carboxylic acids is 1. The summed E-state index contributed by atoms with van der Waals surface area (Å²) in [6.07, 6.45) is 1.76. The summed E-state index contributed by atoms with van der Waals surface area (Å²) < 4.78 is 5.18. The number of rotatable bonds is 3. The maximum absolute atomic E-state index is 11.9. The van der Waals surface area contributed by atoms with Crippen LogP contribution in [0.4, 0.5) is 0 Å². The number of carboxylic acids is 1. The molecule has 1 saturated heterocycles. The highest BCUT2D eigenvalue weighted by Gasteiger charge is 2.37. The molecule has 1 fully saturated rings. The SMILES string of the molecule is CC(C)(C)C1CC(=O)N(Cc2cc(C(=O)O)co2)C1. The molecule has 0 aliphatic carbocycles. The summed E-state index contributed by atoms with van der Waals surface area (Å²) in [4.78, 5) is 24.4. The lowest BCUT2D eigenvalue weighted by Gasteiger charge is -2.26. The second-order valence-corrected chi connectivity index (χ2v) is 6.15. The Balaban J connectivity index is 2.03. The molecule has 1 aromatic rings. The predicted octanol–water partition coefficient (Wildman–Crippen LogP) is 2.37. The van der Waals surface area contributed by atoms with Crippen LogP contribution in [-0.4, -0.2) is 28.4 Å². The molecule has 0 spiro atoms. The van der Waals surface area contributed by atoms with Gasteiger partial charge in [0, 0.05) is 13.0 Å². The minimum atomic E-state index is -1.02. The molecular weight excluding hydrogens is 246 g/mol. The molecule has 1 N–H and O–H groups in total. The van der Waals surface area contributed by atoms with Crippen molar-refractivity contribution in [1.29, 1.82) is 0 Å². The molecule has 1 aromatic heterocycles. The molecule has 104 valence electrons. The van der Waals surface area contributed by atoms with Crippen LogP contribution in [0.15, 0.2) is 16.7 Å². The van der Waals surface area contributed by atoms with Gasteiger partial charge in [-0.05, 0) is 17.4 Å². The molecule has 0 aromatic carbocycles. The summed E-state index contributed by atoms with van der Waals surface area (Å²) in [6, 6.07) is 1.47. The monoisotopic (exact) mass is 265 g/mol. The van der Waals surface area contributed by atoms with Gasteiger partial charge in [-0.2, -0.15) is 0 Å². The minimum Gasteiger partial charge on any atom is -0.478 e. The summed E-state index contributed by atoms with van der Waals surface area (Å²) in [6.45, 7) is 7.43. The van der Waals surface area contributed by atoms with E-state index in [1.807, 2.05) is 0 Å². The van der Waals surface area contributed by atoms with E-state index >= 15 is 0 Å². The second-order valence-electron chi connectivity index (χ2n) is 6.15. The zero-order valence-electron chi connectivity index (χ0n) is 11.5. The number of aromatic carboxylic acids is 1. The van der Waals surface area contributed by atoms with Crippen molar-refractivity contribution >= 4 is 11.9 Å². The Bertz CT molecular complexity index is 498. The molecule has 1 unspecified atom stereocenters. The molecule has 2 heterocycles. The first kappa shape index (κ1) is 13.6. The highest BCUT2D eigenvalue weighted by atomic mass is 16.4. The molecule has 0 radical (unpaired) electrons. The van der Waals surface area contributed by atoms with E-state index in [0.29, 0.717) is 31.2 Å². The van der Waals surface area contributed by atoms with Crippen LogP contribution in [0.1, 0.15) is 43.3 Å². The van der Waals surface area contributed by atoms with E-state index in [1.165, 1.54) is 12.3 Å². The molecular formula is C14H19NO4. The summed E-state index contributed by atoms with van der Waals surface area (Å²) in [7, 11) is 0. The van der Waals surface area contributed by atoms with Gasteiger partial charge in [0.05, 0.1) is 12.1 Å². The van der Waals surface area contributed by atoms with Crippen molar-refractivity contribution in [3.8, 4) is 0 Å². The van der Waals surface area contributed by atoms with Crippen molar-refractivity contribution in [2.75, 3.05) is 6.54 Å². The number of likely N-dealkylation sites (tertiary alicyclic amines) is 1. The van der Waals surface area contributed by atoms with Gasteiger partial charge in [0.25, 0.3) is 0 Å². The molecule has 1 atom stereocenters. The van der Waals surface area contributed by atoms with Gasteiger partial charge in [0.2, 0.25) is 5.91 Å². The summed E-state index contributed by atoms with van der Waals surface area (Å²) in [5.74, 6) is -0.0715. The lowest BCUT2D eigenvalue weighted by atomic mass is 9.80. The molecule has 1 aliphatic heterocycles. The Labute approximate surface area is 112 Å². The fraction of sp³-hybridized carbons (Fsp3) is 0.571. The lowest BCUT2D eigenvalue weighted by molar-refractivity contribution is -0.128. The van der Waals surface area contributed by atoms with E-state index in [4.69, 9.17) is 9.52 Å². The normalized spacial score (nSPS) is 20.1. The van der Waals surface area contributed by atoms with E-state index in [9.17, 15) is 9.59 Å². The first-order valence-corrected chi connectivity index (χ1v) is 6.36. The number of nitrogens with zero attached hydrogens (tertiary/aromatic N) is 1. The van der Waals surface area contributed by atoms with E-state index < -0.39 is 5.97 Å². The summed E-state index contributed by atoms with van der Waals surface area (Å²) in [5.41, 5.74) is 0.216. The van der Waals surface area contributed by atoms with Gasteiger partial charge >= 0.3 is 5.97 Å². The second kappa shape index (κ2) is 4.72. The molecule has 1 amide bonds. The van der Waals surface area contributed by atoms with Gasteiger partial charge in [-0.15, -0.1) is 0 Å². The van der Waals surface area contributed by atoms with Gasteiger partial charge in [0.1, 0.15) is 12.0 Å². The van der Waals surface area contributed by atoms with Crippen LogP contribution in [0, 0.1) is 11.3 Å². The van der Waals surface area contributed by atoms with E-state index in [2.05, 4.69) is 20.8 Å². The Morgan fingerprint density at radius 3 is 2.68 bits per heavy atom. The molecule has 5 nitrogen and oxygen atoms in total. The van der Waals surface area contributed by atoms with Crippen LogP contribution in [0.3, 0.4) is 0 Å². The quantitative estimate of drug-likeness (QED) is 0.910. The van der Waals surface area contributed by atoms with Crippen molar-refractivity contribution in [2.24, 2.45) is 11.3 Å². The lowest BCUT2D eigenvalue weighted by Crippen LogP contribution is -2.27. The van der Waals surface area contributed by atoms with Crippen molar-refractivity contribution in [3.63, 3.8) is 0 Å². The van der Waals surface area contributed by atoms with Gasteiger partial charge < -0.3 is 14.4 Å². The Kier molecular flexibility index (Phi) is 3.39. The number of amides is 1. The molecule has 2 rings (SSSR count). The summed E-state index contributed by atoms with van der Waals surface area (Å²) >= 11 is 0. The third-order valence-corrected chi connectivity index (χ3v) is 3.69. The smallest absolute Gasteiger partial charge is 0.338 e. The van der Waals surface area contributed by atoms with Gasteiger partial charge in [0.15, 0.2) is 0 Å². The number of furan rings is 1. The number of carboxylic acid groups (broad SMARTS) is 1. The Hall–Kier alpha value is -1.78. The minimum absolute atomic E-state index is 0.0970. The Morgan fingerprint density at radius 2 is 2.21 bits per heavy atom.